The minimum absolute atomic E-state index is 0.0616. The zero-order valence-electron chi connectivity index (χ0n) is 11.1. The minimum Gasteiger partial charge on any atom is -0.370 e. The molecule has 4 heteroatoms. The third-order valence-corrected chi connectivity index (χ3v) is 3.52. The van der Waals surface area contributed by atoms with Gasteiger partial charge in [0, 0.05) is 12.6 Å². The summed E-state index contributed by atoms with van der Waals surface area (Å²) in [5.41, 5.74) is 0.493. The number of nitrogens with one attached hydrogen (secondary N) is 2. The van der Waals surface area contributed by atoms with Crippen molar-refractivity contribution in [1.82, 2.24) is 10.3 Å². The molecule has 1 amide bonds. The smallest absolute Gasteiger partial charge is 0.270 e. The second-order valence-electron chi connectivity index (χ2n) is 4.93. The van der Waals surface area contributed by atoms with Crippen molar-refractivity contribution in [2.24, 2.45) is 5.92 Å². The molecule has 0 saturated heterocycles. The largest absolute Gasteiger partial charge is 0.370 e. The van der Waals surface area contributed by atoms with E-state index in [9.17, 15) is 4.79 Å². The van der Waals surface area contributed by atoms with E-state index in [1.165, 1.54) is 12.8 Å². The second kappa shape index (κ2) is 5.85. The fourth-order valence-electron chi connectivity index (χ4n) is 2.44. The van der Waals surface area contributed by atoms with Gasteiger partial charge in [-0.15, -0.1) is 0 Å². The number of hydrogen-bond acceptors (Lipinski definition) is 3. The van der Waals surface area contributed by atoms with Crippen LogP contribution in [-0.4, -0.2) is 23.5 Å². The Kier molecular flexibility index (Phi) is 4.18. The van der Waals surface area contributed by atoms with Crippen LogP contribution >= 0.6 is 0 Å². The first kappa shape index (κ1) is 12.9. The Labute approximate surface area is 108 Å². The molecule has 4 nitrogen and oxygen atoms in total. The summed E-state index contributed by atoms with van der Waals surface area (Å²) < 4.78 is 0. The van der Waals surface area contributed by atoms with Crippen LogP contribution in [0.2, 0.25) is 0 Å². The molecule has 0 aliphatic heterocycles. The number of carbonyl (C=O) groups is 1. The lowest BCUT2D eigenvalue weighted by Gasteiger charge is -2.17. The molecule has 2 N–H and O–H groups in total. The molecule has 98 valence electrons. The molecule has 1 aliphatic carbocycles. The summed E-state index contributed by atoms with van der Waals surface area (Å²) in [7, 11) is 0. The third-order valence-electron chi connectivity index (χ3n) is 3.52. The predicted octanol–water partition coefficient (Wildman–Crippen LogP) is 2.43. The topological polar surface area (TPSA) is 54.0 Å². The van der Waals surface area contributed by atoms with Crippen molar-refractivity contribution in [2.45, 2.75) is 39.2 Å². The van der Waals surface area contributed by atoms with E-state index in [4.69, 9.17) is 0 Å². The van der Waals surface area contributed by atoms with Crippen LogP contribution in [0, 0.1) is 5.92 Å². The number of amides is 1. The van der Waals surface area contributed by atoms with Crippen LogP contribution in [0.1, 0.15) is 43.6 Å². The van der Waals surface area contributed by atoms with Crippen LogP contribution in [-0.2, 0) is 0 Å². The molecule has 18 heavy (non-hydrogen) atoms. The maximum atomic E-state index is 12.1. The lowest BCUT2D eigenvalue weighted by Crippen LogP contribution is -2.36. The summed E-state index contributed by atoms with van der Waals surface area (Å²) in [6.45, 7) is 5.01. The summed E-state index contributed by atoms with van der Waals surface area (Å²) in [6.07, 6.45) is 3.49. The Bertz CT molecular complexity index is 419. The van der Waals surface area contributed by atoms with Gasteiger partial charge < -0.3 is 10.6 Å². The second-order valence-corrected chi connectivity index (χ2v) is 4.93. The Balaban J connectivity index is 2.01. The summed E-state index contributed by atoms with van der Waals surface area (Å²) in [5.74, 6) is 1.27. The van der Waals surface area contributed by atoms with Gasteiger partial charge in [0.15, 0.2) is 0 Å². The van der Waals surface area contributed by atoms with E-state index in [0.29, 0.717) is 17.7 Å². The van der Waals surface area contributed by atoms with E-state index in [-0.39, 0.29) is 5.91 Å². The fourth-order valence-corrected chi connectivity index (χ4v) is 2.44. The lowest BCUT2D eigenvalue weighted by molar-refractivity contribution is 0.0924. The van der Waals surface area contributed by atoms with E-state index in [1.54, 1.807) is 6.07 Å². The number of hydrogen-bond donors (Lipinski definition) is 2. The van der Waals surface area contributed by atoms with E-state index >= 15 is 0 Å². The average molecular weight is 247 g/mol. The number of nitrogens with zero attached hydrogens (tertiary/aromatic N) is 1. The molecule has 1 fully saturated rings. The Morgan fingerprint density at radius 2 is 2.28 bits per heavy atom. The van der Waals surface area contributed by atoms with Crippen LogP contribution in [0.3, 0.4) is 0 Å². The molecule has 0 bridgehead atoms. The number of aromatic nitrogens is 1. The SMILES string of the molecule is CCNc1cccc(C(=O)NC2CCCC2C)n1. The predicted molar refractivity (Wildman–Crippen MR) is 72.7 cm³/mol. The summed E-state index contributed by atoms with van der Waals surface area (Å²) in [5, 5.41) is 6.20. The average Bonchev–Trinajstić information content (AvgIpc) is 2.76. The van der Waals surface area contributed by atoms with Crippen molar-refractivity contribution in [1.29, 1.82) is 0 Å². The van der Waals surface area contributed by atoms with Gasteiger partial charge in [0.2, 0.25) is 0 Å². The zero-order chi connectivity index (χ0) is 13.0. The monoisotopic (exact) mass is 247 g/mol. The van der Waals surface area contributed by atoms with Crippen molar-refractivity contribution in [3.8, 4) is 0 Å². The van der Waals surface area contributed by atoms with Gasteiger partial charge in [-0.2, -0.15) is 0 Å². The van der Waals surface area contributed by atoms with Crippen LogP contribution in [0.15, 0.2) is 18.2 Å². The highest BCUT2D eigenvalue weighted by Gasteiger charge is 2.25. The molecule has 0 radical (unpaired) electrons. The summed E-state index contributed by atoms with van der Waals surface area (Å²) in [4.78, 5) is 16.4. The van der Waals surface area contributed by atoms with E-state index in [1.807, 2.05) is 19.1 Å². The Hall–Kier alpha value is -1.58. The summed E-state index contributed by atoms with van der Waals surface area (Å²) >= 11 is 0. The third kappa shape index (κ3) is 3.00. The van der Waals surface area contributed by atoms with Gasteiger partial charge in [0.25, 0.3) is 5.91 Å². The first-order valence-corrected chi connectivity index (χ1v) is 6.72. The van der Waals surface area contributed by atoms with Crippen LogP contribution < -0.4 is 10.6 Å². The Morgan fingerprint density at radius 3 is 2.94 bits per heavy atom. The Morgan fingerprint density at radius 1 is 1.44 bits per heavy atom. The van der Waals surface area contributed by atoms with Gasteiger partial charge in [0.1, 0.15) is 11.5 Å². The quantitative estimate of drug-likeness (QED) is 0.859. The van der Waals surface area contributed by atoms with Gasteiger partial charge in [-0.3, -0.25) is 4.79 Å². The van der Waals surface area contributed by atoms with Crippen molar-refractivity contribution in [2.75, 3.05) is 11.9 Å². The summed E-state index contributed by atoms with van der Waals surface area (Å²) in [6, 6.07) is 5.80. The highest BCUT2D eigenvalue weighted by molar-refractivity contribution is 5.92. The fraction of sp³-hybridized carbons (Fsp3) is 0.571. The minimum atomic E-state index is -0.0616. The first-order chi connectivity index (χ1) is 8.70. The maximum Gasteiger partial charge on any atom is 0.270 e. The molecule has 1 aliphatic rings. The van der Waals surface area contributed by atoms with Crippen molar-refractivity contribution >= 4 is 11.7 Å². The molecule has 2 unspecified atom stereocenters. The zero-order valence-corrected chi connectivity index (χ0v) is 11.1. The first-order valence-electron chi connectivity index (χ1n) is 6.72. The normalized spacial score (nSPS) is 22.8. The van der Waals surface area contributed by atoms with Gasteiger partial charge in [-0.05, 0) is 37.8 Å². The van der Waals surface area contributed by atoms with Crippen LogP contribution in [0.25, 0.3) is 0 Å². The van der Waals surface area contributed by atoms with Gasteiger partial charge in [-0.1, -0.05) is 19.4 Å². The van der Waals surface area contributed by atoms with Gasteiger partial charge in [-0.25, -0.2) is 4.98 Å². The number of pyridine rings is 1. The highest BCUT2D eigenvalue weighted by atomic mass is 16.1. The van der Waals surface area contributed by atoms with Crippen molar-refractivity contribution in [3.05, 3.63) is 23.9 Å². The molecule has 1 aromatic rings. The highest BCUT2D eigenvalue weighted by Crippen LogP contribution is 2.24. The standard InChI is InChI=1S/C14H21N3O/c1-3-15-13-9-5-8-12(16-13)14(18)17-11-7-4-6-10(11)2/h5,8-11H,3-4,6-7H2,1-2H3,(H,15,16)(H,17,18). The molecule has 0 aromatic carbocycles. The van der Waals surface area contributed by atoms with Crippen LogP contribution in [0.5, 0.6) is 0 Å². The molecular weight excluding hydrogens is 226 g/mol. The lowest BCUT2D eigenvalue weighted by atomic mass is 10.1. The van der Waals surface area contributed by atoms with Crippen LogP contribution in [0.4, 0.5) is 5.82 Å². The molecule has 2 rings (SSSR count). The molecular formula is C14H21N3O. The number of anilines is 1. The molecule has 1 aromatic heterocycles. The molecule has 2 atom stereocenters. The van der Waals surface area contributed by atoms with E-state index in [0.717, 1.165) is 18.8 Å². The van der Waals surface area contributed by atoms with E-state index in [2.05, 4.69) is 22.5 Å². The van der Waals surface area contributed by atoms with Crippen molar-refractivity contribution < 1.29 is 4.79 Å². The number of rotatable bonds is 4. The van der Waals surface area contributed by atoms with E-state index < -0.39 is 0 Å². The molecule has 0 spiro atoms. The van der Waals surface area contributed by atoms with Gasteiger partial charge in [0.05, 0.1) is 0 Å². The van der Waals surface area contributed by atoms with Gasteiger partial charge >= 0.3 is 0 Å². The van der Waals surface area contributed by atoms with Crippen molar-refractivity contribution in [3.63, 3.8) is 0 Å². The maximum absolute atomic E-state index is 12.1. The molecule has 1 heterocycles. The molecule has 1 saturated carbocycles. The number of carbonyl (C=O) groups excluding carboxylic acids is 1.